The van der Waals surface area contributed by atoms with Crippen LogP contribution in [0.1, 0.15) is 26.0 Å². The van der Waals surface area contributed by atoms with Crippen molar-refractivity contribution in [2.75, 3.05) is 19.4 Å². The van der Waals surface area contributed by atoms with E-state index in [1.54, 1.807) is 6.92 Å². The normalized spacial score (nSPS) is 29.3. The number of hydrogen-bond donors (Lipinski definition) is 4. The number of aliphatic hydroxyl groups excluding tert-OH is 1. The average molecular weight is 450 g/mol. The van der Waals surface area contributed by atoms with Crippen molar-refractivity contribution in [2.24, 2.45) is 0 Å². The SMILES string of the molecule is C=CCn1c(=O)n([C@@H]2O[C@H](CO)[C@H]3OC(C)(CCC(=O)NC)O[C@H]32)c2nc(N)[nH]c(=O)c21. The molecule has 2 aromatic heterocycles. The van der Waals surface area contributed by atoms with Gasteiger partial charge in [0.05, 0.1) is 6.61 Å². The molecule has 0 bridgehead atoms. The number of hydrogen-bond acceptors (Lipinski definition) is 9. The second kappa shape index (κ2) is 8.16. The minimum absolute atomic E-state index is 0.0120. The number of aliphatic hydroxyl groups is 1. The van der Waals surface area contributed by atoms with E-state index in [1.165, 1.54) is 22.3 Å². The number of ether oxygens (including phenoxy) is 3. The van der Waals surface area contributed by atoms with E-state index in [2.05, 4.69) is 21.9 Å². The van der Waals surface area contributed by atoms with Crippen molar-refractivity contribution in [1.82, 2.24) is 24.4 Å². The van der Waals surface area contributed by atoms with Gasteiger partial charge in [-0.15, -0.1) is 6.58 Å². The molecule has 1 unspecified atom stereocenters. The summed E-state index contributed by atoms with van der Waals surface area (Å²) in [5.41, 5.74) is 4.59. The molecule has 2 aromatic rings. The second-order valence-corrected chi connectivity index (χ2v) is 7.89. The molecule has 13 heteroatoms. The van der Waals surface area contributed by atoms with Crippen LogP contribution in [0.3, 0.4) is 0 Å². The number of aromatic amines is 1. The van der Waals surface area contributed by atoms with Crippen LogP contribution in [0.4, 0.5) is 5.95 Å². The second-order valence-electron chi connectivity index (χ2n) is 7.89. The largest absolute Gasteiger partial charge is 0.394 e. The number of carbonyl (C=O) groups excluding carboxylic acids is 1. The van der Waals surface area contributed by atoms with E-state index >= 15 is 0 Å². The molecule has 4 heterocycles. The van der Waals surface area contributed by atoms with Crippen LogP contribution in [0, 0.1) is 0 Å². The molecule has 174 valence electrons. The predicted octanol–water partition coefficient (Wildman–Crippen LogP) is -1.43. The molecule has 2 aliphatic heterocycles. The van der Waals surface area contributed by atoms with Gasteiger partial charge in [0.25, 0.3) is 5.56 Å². The van der Waals surface area contributed by atoms with Crippen molar-refractivity contribution >= 4 is 23.0 Å². The Hall–Kier alpha value is -3.00. The molecule has 5 N–H and O–H groups in total. The molecule has 2 saturated heterocycles. The molecule has 1 amide bonds. The number of allylic oxidation sites excluding steroid dienone is 1. The highest BCUT2D eigenvalue weighted by Crippen LogP contribution is 2.44. The Morgan fingerprint density at radius 1 is 1.41 bits per heavy atom. The highest BCUT2D eigenvalue weighted by Gasteiger charge is 2.57. The first kappa shape index (κ1) is 22.2. The first-order valence-electron chi connectivity index (χ1n) is 10.2. The van der Waals surface area contributed by atoms with E-state index in [4.69, 9.17) is 19.9 Å². The van der Waals surface area contributed by atoms with Crippen molar-refractivity contribution < 1.29 is 24.1 Å². The molecule has 32 heavy (non-hydrogen) atoms. The molecule has 13 nitrogen and oxygen atoms in total. The van der Waals surface area contributed by atoms with Gasteiger partial charge < -0.3 is 30.4 Å². The fourth-order valence-electron chi connectivity index (χ4n) is 4.25. The summed E-state index contributed by atoms with van der Waals surface area (Å²) in [7, 11) is 1.53. The monoisotopic (exact) mass is 450 g/mol. The smallest absolute Gasteiger partial charge is 0.333 e. The maximum atomic E-state index is 13.3. The lowest BCUT2D eigenvalue weighted by atomic mass is 10.1. The highest BCUT2D eigenvalue weighted by molar-refractivity contribution is 5.75. The van der Waals surface area contributed by atoms with E-state index in [1.807, 2.05) is 0 Å². The van der Waals surface area contributed by atoms with E-state index in [9.17, 15) is 19.5 Å². The molecule has 5 atom stereocenters. The number of nitrogens with two attached hydrogens (primary N) is 1. The summed E-state index contributed by atoms with van der Waals surface area (Å²) in [6, 6.07) is 0. The molecule has 0 aliphatic carbocycles. The summed E-state index contributed by atoms with van der Waals surface area (Å²) in [6.45, 7) is 4.99. The van der Waals surface area contributed by atoms with Gasteiger partial charge in [0, 0.05) is 26.4 Å². The number of nitrogens with zero attached hydrogens (tertiary/aromatic N) is 3. The number of aromatic nitrogens is 4. The van der Waals surface area contributed by atoms with Crippen LogP contribution in [0.25, 0.3) is 11.2 Å². The molecule has 0 saturated carbocycles. The van der Waals surface area contributed by atoms with E-state index in [0.717, 1.165) is 0 Å². The van der Waals surface area contributed by atoms with Crippen molar-refractivity contribution in [1.29, 1.82) is 0 Å². The van der Waals surface area contributed by atoms with Gasteiger partial charge in [0.1, 0.15) is 18.3 Å². The van der Waals surface area contributed by atoms with Gasteiger partial charge in [-0.1, -0.05) is 6.08 Å². The van der Waals surface area contributed by atoms with Gasteiger partial charge in [0.15, 0.2) is 23.2 Å². The Balaban J connectivity index is 1.78. The Kier molecular flexibility index (Phi) is 5.67. The fourth-order valence-corrected chi connectivity index (χ4v) is 4.25. The first-order chi connectivity index (χ1) is 15.2. The van der Waals surface area contributed by atoms with Crippen molar-refractivity contribution in [3.05, 3.63) is 33.5 Å². The number of carbonyl (C=O) groups is 1. The van der Waals surface area contributed by atoms with E-state index < -0.39 is 41.6 Å². The molecule has 0 aromatic carbocycles. The Morgan fingerprint density at radius 2 is 2.12 bits per heavy atom. The molecule has 0 radical (unpaired) electrons. The molecule has 2 aliphatic rings. The minimum Gasteiger partial charge on any atom is -0.394 e. The zero-order chi connectivity index (χ0) is 23.2. The number of amides is 1. The van der Waals surface area contributed by atoms with Crippen molar-refractivity contribution in [2.45, 2.75) is 56.6 Å². The van der Waals surface area contributed by atoms with Gasteiger partial charge in [-0.05, 0) is 6.92 Å². The quantitative estimate of drug-likeness (QED) is 0.368. The van der Waals surface area contributed by atoms with Gasteiger partial charge in [-0.3, -0.25) is 19.1 Å². The van der Waals surface area contributed by atoms with E-state index in [0.29, 0.717) is 0 Å². The summed E-state index contributed by atoms with van der Waals surface area (Å²) in [6.07, 6.45) is -1.46. The first-order valence-corrected chi connectivity index (χ1v) is 10.2. The topological polar surface area (TPSA) is 176 Å². The van der Waals surface area contributed by atoms with Crippen molar-refractivity contribution in [3.8, 4) is 0 Å². The Morgan fingerprint density at radius 3 is 2.78 bits per heavy atom. The number of H-pyrrole nitrogens is 1. The van der Waals surface area contributed by atoms with Crippen LogP contribution in [0.15, 0.2) is 22.2 Å². The summed E-state index contributed by atoms with van der Waals surface area (Å²) in [5, 5.41) is 12.4. The summed E-state index contributed by atoms with van der Waals surface area (Å²) < 4.78 is 20.5. The van der Waals surface area contributed by atoms with Crippen LogP contribution >= 0.6 is 0 Å². The number of imidazole rings is 1. The number of nitrogen functional groups attached to an aromatic ring is 1. The maximum absolute atomic E-state index is 13.3. The Labute approximate surface area is 181 Å². The third kappa shape index (κ3) is 3.52. The summed E-state index contributed by atoms with van der Waals surface area (Å²) in [5.74, 6) is -1.48. The average Bonchev–Trinajstić information content (AvgIpc) is 3.34. The van der Waals surface area contributed by atoms with Crippen LogP contribution in [0.2, 0.25) is 0 Å². The molecule has 0 spiro atoms. The van der Waals surface area contributed by atoms with Crippen LogP contribution < -0.4 is 22.3 Å². The van der Waals surface area contributed by atoms with Gasteiger partial charge in [0.2, 0.25) is 11.9 Å². The van der Waals surface area contributed by atoms with Crippen LogP contribution in [0.5, 0.6) is 0 Å². The lowest BCUT2D eigenvalue weighted by Gasteiger charge is -2.27. The molecule has 4 rings (SSSR count). The molecule has 2 fully saturated rings. The lowest BCUT2D eigenvalue weighted by molar-refractivity contribution is -0.213. The number of nitrogens with one attached hydrogen (secondary N) is 2. The summed E-state index contributed by atoms with van der Waals surface area (Å²) >= 11 is 0. The number of fused-ring (bicyclic) bond motifs is 2. The Bertz CT molecular complexity index is 1170. The van der Waals surface area contributed by atoms with Crippen molar-refractivity contribution in [3.63, 3.8) is 0 Å². The van der Waals surface area contributed by atoms with Gasteiger partial charge >= 0.3 is 5.69 Å². The number of anilines is 1. The highest BCUT2D eigenvalue weighted by atomic mass is 16.8. The van der Waals surface area contributed by atoms with E-state index in [-0.39, 0.29) is 49.0 Å². The fraction of sp³-hybridized carbons (Fsp3) is 0.579. The van der Waals surface area contributed by atoms with Gasteiger partial charge in [-0.2, -0.15) is 4.98 Å². The molecular formula is C19H26N6O7. The lowest BCUT2D eigenvalue weighted by Crippen LogP contribution is -2.36. The zero-order valence-electron chi connectivity index (χ0n) is 17.7. The van der Waals surface area contributed by atoms with Gasteiger partial charge in [-0.25, -0.2) is 9.36 Å². The third-order valence-electron chi connectivity index (χ3n) is 5.72. The van der Waals surface area contributed by atoms with Crippen LogP contribution in [-0.2, 0) is 25.5 Å². The summed E-state index contributed by atoms with van der Waals surface area (Å²) in [4.78, 5) is 44.1. The maximum Gasteiger partial charge on any atom is 0.333 e. The standard InChI is InChI=1S/C19H26N6O7/c1-4-7-24-11-14(22-17(20)23-15(11)28)25(18(24)29)16-13-12(9(8-26)30-16)31-19(2,32-13)6-5-10(27)21-3/h4,9,12-13,16,26H,1,5-8H2,2-3H3,(H,21,27)(H3,20,22,23,28)/t9-,12-,13-,16-,19?/m1/s1. The van der Waals surface area contributed by atoms with Crippen LogP contribution in [-0.4, -0.2) is 67.9 Å². The third-order valence-corrected chi connectivity index (χ3v) is 5.72. The molecular weight excluding hydrogens is 424 g/mol. The number of rotatable bonds is 7. The minimum atomic E-state index is -1.13. The zero-order valence-corrected chi connectivity index (χ0v) is 17.7. The predicted molar refractivity (Wildman–Crippen MR) is 112 cm³/mol.